The molecule has 0 unspecified atom stereocenters. The van der Waals surface area contributed by atoms with Gasteiger partial charge in [0.05, 0.1) is 11.4 Å². The van der Waals surface area contributed by atoms with E-state index in [0.29, 0.717) is 5.82 Å². The Bertz CT molecular complexity index is 460. The van der Waals surface area contributed by atoms with Crippen LogP contribution in [0.2, 0.25) is 0 Å². The predicted molar refractivity (Wildman–Crippen MR) is 66.7 cm³/mol. The fourth-order valence-corrected chi connectivity index (χ4v) is 2.78. The monoisotopic (exact) mass is 249 g/mol. The summed E-state index contributed by atoms with van der Waals surface area (Å²) in [6, 6.07) is 4.01. The highest BCUT2D eigenvalue weighted by Gasteiger charge is 2.15. The van der Waals surface area contributed by atoms with Crippen molar-refractivity contribution < 1.29 is 4.52 Å². The van der Waals surface area contributed by atoms with E-state index in [4.69, 9.17) is 4.52 Å². The second kappa shape index (κ2) is 4.98. The molecule has 0 spiro atoms. The Morgan fingerprint density at radius 1 is 1.29 bits per heavy atom. The summed E-state index contributed by atoms with van der Waals surface area (Å²) in [7, 11) is 0. The van der Waals surface area contributed by atoms with Gasteiger partial charge in [-0.1, -0.05) is 17.6 Å². The van der Waals surface area contributed by atoms with Crippen LogP contribution in [-0.2, 0) is 6.54 Å². The van der Waals surface area contributed by atoms with Gasteiger partial charge in [0.2, 0.25) is 11.7 Å². The highest BCUT2D eigenvalue weighted by molar-refractivity contribution is 7.13. The van der Waals surface area contributed by atoms with E-state index in [0.717, 1.165) is 30.4 Å². The third kappa shape index (κ3) is 2.56. The first-order valence-corrected chi connectivity index (χ1v) is 6.88. The summed E-state index contributed by atoms with van der Waals surface area (Å²) in [5.74, 6) is 1.45. The van der Waals surface area contributed by atoms with Crippen molar-refractivity contribution in [1.29, 1.82) is 0 Å². The second-order valence-corrected chi connectivity index (χ2v) is 5.27. The molecule has 0 saturated carbocycles. The van der Waals surface area contributed by atoms with E-state index < -0.39 is 0 Å². The van der Waals surface area contributed by atoms with Crippen LogP contribution in [0.15, 0.2) is 22.0 Å². The van der Waals surface area contributed by atoms with Gasteiger partial charge in [0.1, 0.15) is 0 Å². The highest BCUT2D eigenvalue weighted by Crippen LogP contribution is 2.22. The van der Waals surface area contributed by atoms with Crippen molar-refractivity contribution in [2.45, 2.75) is 25.8 Å². The van der Waals surface area contributed by atoms with Gasteiger partial charge in [-0.2, -0.15) is 4.98 Å². The quantitative estimate of drug-likeness (QED) is 0.839. The Kier molecular flexibility index (Phi) is 3.20. The molecule has 2 aromatic heterocycles. The van der Waals surface area contributed by atoms with E-state index in [9.17, 15) is 0 Å². The number of aromatic nitrogens is 2. The summed E-state index contributed by atoms with van der Waals surface area (Å²) in [6.07, 6.45) is 3.92. The maximum Gasteiger partial charge on any atom is 0.241 e. The average Bonchev–Trinajstić information content (AvgIpc) is 3.00. The van der Waals surface area contributed by atoms with Crippen molar-refractivity contribution >= 4 is 11.3 Å². The third-order valence-electron chi connectivity index (χ3n) is 3.02. The molecule has 17 heavy (non-hydrogen) atoms. The van der Waals surface area contributed by atoms with Crippen LogP contribution in [-0.4, -0.2) is 28.1 Å². The van der Waals surface area contributed by atoms with Crippen LogP contribution >= 0.6 is 11.3 Å². The average molecular weight is 249 g/mol. The zero-order chi connectivity index (χ0) is 11.5. The lowest BCUT2D eigenvalue weighted by molar-refractivity contribution is 0.193. The molecule has 0 bridgehead atoms. The van der Waals surface area contributed by atoms with Crippen LogP contribution in [0.4, 0.5) is 0 Å². The van der Waals surface area contributed by atoms with Gasteiger partial charge in [0.15, 0.2) is 0 Å². The molecular formula is C12H15N3OS. The minimum absolute atomic E-state index is 0.715. The zero-order valence-corrected chi connectivity index (χ0v) is 10.4. The molecule has 1 fully saturated rings. The molecule has 1 saturated heterocycles. The van der Waals surface area contributed by atoms with Crippen molar-refractivity contribution in [3.05, 3.63) is 23.4 Å². The van der Waals surface area contributed by atoms with Crippen LogP contribution in [0.25, 0.3) is 10.7 Å². The van der Waals surface area contributed by atoms with Gasteiger partial charge < -0.3 is 4.52 Å². The van der Waals surface area contributed by atoms with E-state index in [1.807, 2.05) is 17.5 Å². The molecule has 5 heteroatoms. The Morgan fingerprint density at radius 2 is 2.18 bits per heavy atom. The standard InChI is InChI=1S/C12H15N3OS/c1-2-6-15(7-3-1)9-11-13-12(14-16-11)10-5-4-8-17-10/h4-5,8H,1-3,6-7,9H2. The number of hydrogen-bond donors (Lipinski definition) is 0. The highest BCUT2D eigenvalue weighted by atomic mass is 32.1. The number of rotatable bonds is 3. The molecule has 0 amide bonds. The lowest BCUT2D eigenvalue weighted by Gasteiger charge is -2.24. The summed E-state index contributed by atoms with van der Waals surface area (Å²) in [4.78, 5) is 7.89. The number of thiophene rings is 1. The Morgan fingerprint density at radius 3 is 2.94 bits per heavy atom. The van der Waals surface area contributed by atoms with Crippen LogP contribution in [0.1, 0.15) is 25.2 Å². The molecule has 4 nitrogen and oxygen atoms in total. The molecule has 3 heterocycles. The molecule has 2 aromatic rings. The van der Waals surface area contributed by atoms with Gasteiger partial charge in [-0.05, 0) is 37.4 Å². The number of piperidine rings is 1. The third-order valence-corrected chi connectivity index (χ3v) is 3.88. The first-order chi connectivity index (χ1) is 8.42. The summed E-state index contributed by atoms with van der Waals surface area (Å²) in [6.45, 7) is 3.09. The van der Waals surface area contributed by atoms with Gasteiger partial charge in [-0.15, -0.1) is 11.3 Å². The number of nitrogens with zero attached hydrogens (tertiary/aromatic N) is 3. The van der Waals surface area contributed by atoms with Crippen molar-refractivity contribution in [3.8, 4) is 10.7 Å². The molecule has 0 atom stereocenters. The molecule has 3 rings (SSSR count). The van der Waals surface area contributed by atoms with E-state index >= 15 is 0 Å². The van der Waals surface area contributed by atoms with Crippen LogP contribution in [0.3, 0.4) is 0 Å². The van der Waals surface area contributed by atoms with Crippen molar-refractivity contribution in [3.63, 3.8) is 0 Å². The van der Waals surface area contributed by atoms with Crippen LogP contribution in [0, 0.1) is 0 Å². The van der Waals surface area contributed by atoms with E-state index in [2.05, 4.69) is 15.0 Å². The van der Waals surface area contributed by atoms with E-state index in [1.165, 1.54) is 19.3 Å². The van der Waals surface area contributed by atoms with Gasteiger partial charge >= 0.3 is 0 Å². The summed E-state index contributed by atoms with van der Waals surface area (Å²) < 4.78 is 5.30. The van der Waals surface area contributed by atoms with Gasteiger partial charge in [0, 0.05) is 0 Å². The maximum atomic E-state index is 5.30. The molecule has 90 valence electrons. The maximum absolute atomic E-state index is 5.30. The lowest BCUT2D eigenvalue weighted by Crippen LogP contribution is -2.29. The van der Waals surface area contributed by atoms with Gasteiger partial charge in [-0.3, -0.25) is 4.90 Å². The minimum Gasteiger partial charge on any atom is -0.338 e. The second-order valence-electron chi connectivity index (χ2n) is 4.33. The zero-order valence-electron chi connectivity index (χ0n) is 9.63. The lowest BCUT2D eigenvalue weighted by atomic mass is 10.1. The summed E-state index contributed by atoms with van der Waals surface area (Å²) >= 11 is 1.64. The number of likely N-dealkylation sites (tertiary alicyclic amines) is 1. The minimum atomic E-state index is 0.715. The Hall–Kier alpha value is -1.20. The van der Waals surface area contributed by atoms with Crippen LogP contribution in [0.5, 0.6) is 0 Å². The molecule has 0 N–H and O–H groups in total. The molecule has 1 aliphatic heterocycles. The first-order valence-electron chi connectivity index (χ1n) is 6.00. The Balaban J connectivity index is 1.68. The van der Waals surface area contributed by atoms with Gasteiger partial charge in [0.25, 0.3) is 0 Å². The molecular weight excluding hydrogens is 234 g/mol. The summed E-state index contributed by atoms with van der Waals surface area (Å²) in [5, 5.41) is 6.05. The first kappa shape index (κ1) is 10.9. The van der Waals surface area contributed by atoms with Crippen LogP contribution < -0.4 is 0 Å². The smallest absolute Gasteiger partial charge is 0.241 e. The fourth-order valence-electron chi connectivity index (χ4n) is 2.13. The van der Waals surface area contributed by atoms with Crippen molar-refractivity contribution in [2.75, 3.05) is 13.1 Å². The summed E-state index contributed by atoms with van der Waals surface area (Å²) in [5.41, 5.74) is 0. The predicted octanol–water partition coefficient (Wildman–Crippen LogP) is 2.78. The number of hydrogen-bond acceptors (Lipinski definition) is 5. The normalized spacial score (nSPS) is 17.4. The SMILES string of the molecule is c1csc(-c2noc(CN3CCCCC3)n2)c1. The fraction of sp³-hybridized carbons (Fsp3) is 0.500. The largest absolute Gasteiger partial charge is 0.338 e. The Labute approximate surface area is 104 Å². The molecule has 0 aliphatic carbocycles. The van der Waals surface area contributed by atoms with Gasteiger partial charge in [-0.25, -0.2) is 0 Å². The molecule has 0 radical (unpaired) electrons. The van der Waals surface area contributed by atoms with Crippen molar-refractivity contribution in [1.82, 2.24) is 15.0 Å². The molecule has 1 aliphatic rings. The van der Waals surface area contributed by atoms with E-state index in [-0.39, 0.29) is 0 Å². The molecule has 0 aromatic carbocycles. The van der Waals surface area contributed by atoms with E-state index in [1.54, 1.807) is 11.3 Å². The van der Waals surface area contributed by atoms with Crippen molar-refractivity contribution in [2.24, 2.45) is 0 Å². The topological polar surface area (TPSA) is 42.2 Å².